The Labute approximate surface area is 130 Å². The summed E-state index contributed by atoms with van der Waals surface area (Å²) in [5.41, 5.74) is -0.887. The number of nitrogens with one attached hydrogen (secondary N) is 1. The van der Waals surface area contributed by atoms with Crippen LogP contribution in [0.3, 0.4) is 0 Å². The number of carboxylic acids is 1. The molecule has 0 radical (unpaired) electrons. The molecule has 2 N–H and O–H groups in total. The monoisotopic (exact) mass is 340 g/mol. The van der Waals surface area contributed by atoms with Gasteiger partial charge in [-0.2, -0.15) is 13.2 Å². The molecule has 1 aliphatic rings. The van der Waals surface area contributed by atoms with E-state index in [1.165, 1.54) is 0 Å². The third-order valence-electron chi connectivity index (χ3n) is 3.09. The summed E-state index contributed by atoms with van der Waals surface area (Å²) in [5, 5.41) is 10.9. The molecule has 0 aromatic heterocycles. The van der Waals surface area contributed by atoms with E-state index in [0.29, 0.717) is 0 Å². The number of rotatable bonds is 2. The zero-order chi connectivity index (χ0) is 18.0. The van der Waals surface area contributed by atoms with Crippen molar-refractivity contribution in [3.05, 3.63) is 0 Å². The Balaban J connectivity index is 2.95. The van der Waals surface area contributed by atoms with E-state index in [9.17, 15) is 32.7 Å². The number of hydrogen-bond donors (Lipinski definition) is 2. The molecule has 0 bridgehead atoms. The van der Waals surface area contributed by atoms with Crippen molar-refractivity contribution in [1.82, 2.24) is 10.2 Å². The van der Waals surface area contributed by atoms with Crippen LogP contribution in [-0.4, -0.2) is 58.4 Å². The molecular formula is C13H19F3N2O5. The van der Waals surface area contributed by atoms with E-state index >= 15 is 0 Å². The standard InChI is InChI=1S/C13H19F3N2O5/c1-12(2,3)23-11(22)18-6-4-5-7(8(18)9(19)20)17-10(21)13(14,15)16/h7-8H,4-6H2,1-3H3,(H,17,21)(H,19,20)/t7-,8-/m0/s1. The van der Waals surface area contributed by atoms with E-state index in [1.807, 2.05) is 0 Å². The van der Waals surface area contributed by atoms with Gasteiger partial charge in [-0.15, -0.1) is 0 Å². The first-order valence-electron chi connectivity index (χ1n) is 6.93. The lowest BCUT2D eigenvalue weighted by Gasteiger charge is -2.39. The van der Waals surface area contributed by atoms with Gasteiger partial charge in [-0.05, 0) is 33.6 Å². The molecule has 2 atom stereocenters. The summed E-state index contributed by atoms with van der Waals surface area (Å²) in [6.45, 7) is 4.75. The lowest BCUT2D eigenvalue weighted by molar-refractivity contribution is -0.175. The van der Waals surface area contributed by atoms with Gasteiger partial charge in [0.05, 0.1) is 6.04 Å². The van der Waals surface area contributed by atoms with Gasteiger partial charge in [0, 0.05) is 6.54 Å². The second kappa shape index (κ2) is 6.63. The van der Waals surface area contributed by atoms with Gasteiger partial charge in [-0.3, -0.25) is 9.69 Å². The summed E-state index contributed by atoms with van der Waals surface area (Å²) in [6.07, 6.45) is -5.82. The molecule has 10 heteroatoms. The Bertz CT molecular complexity index is 487. The van der Waals surface area contributed by atoms with Gasteiger partial charge in [0.15, 0.2) is 6.04 Å². The highest BCUT2D eigenvalue weighted by Gasteiger charge is 2.46. The fourth-order valence-corrected chi connectivity index (χ4v) is 2.23. The van der Waals surface area contributed by atoms with Gasteiger partial charge in [-0.25, -0.2) is 9.59 Å². The second-order valence-corrected chi connectivity index (χ2v) is 6.18. The Morgan fingerprint density at radius 3 is 2.22 bits per heavy atom. The van der Waals surface area contributed by atoms with E-state index in [2.05, 4.69) is 0 Å². The quantitative estimate of drug-likeness (QED) is 0.794. The number of nitrogens with zero attached hydrogens (tertiary/aromatic N) is 1. The number of carboxylic acid groups (broad SMARTS) is 1. The van der Waals surface area contributed by atoms with Crippen molar-refractivity contribution in [2.45, 2.75) is 57.5 Å². The number of hydrogen-bond acceptors (Lipinski definition) is 4. The number of aliphatic carboxylic acids is 1. The van der Waals surface area contributed by atoms with Crippen LogP contribution in [0.5, 0.6) is 0 Å². The first kappa shape index (κ1) is 19.0. The second-order valence-electron chi connectivity index (χ2n) is 6.18. The van der Waals surface area contributed by atoms with Crippen LogP contribution < -0.4 is 5.32 Å². The molecule has 1 fully saturated rings. The van der Waals surface area contributed by atoms with Crippen molar-refractivity contribution in [3.63, 3.8) is 0 Å². The number of carbonyl (C=O) groups is 3. The Morgan fingerprint density at radius 1 is 1.22 bits per heavy atom. The Morgan fingerprint density at radius 2 is 1.78 bits per heavy atom. The number of likely N-dealkylation sites (tertiary alicyclic amines) is 1. The highest BCUT2D eigenvalue weighted by molar-refractivity contribution is 5.85. The van der Waals surface area contributed by atoms with Crippen molar-refractivity contribution >= 4 is 18.0 Å². The first-order chi connectivity index (χ1) is 10.3. The van der Waals surface area contributed by atoms with Crippen LogP contribution in [0.15, 0.2) is 0 Å². The molecular weight excluding hydrogens is 321 g/mol. The molecule has 1 rings (SSSR count). The molecule has 0 aromatic rings. The SMILES string of the molecule is CC(C)(C)OC(=O)N1CCC[C@H](NC(=O)C(F)(F)F)[C@H]1C(=O)O. The van der Waals surface area contributed by atoms with Crippen molar-refractivity contribution in [2.75, 3.05) is 6.54 Å². The predicted octanol–water partition coefficient (Wildman–Crippen LogP) is 1.52. The summed E-state index contributed by atoms with van der Waals surface area (Å²) in [5.74, 6) is -3.75. The molecule has 1 heterocycles. The molecule has 0 spiro atoms. The third kappa shape index (κ3) is 5.29. The van der Waals surface area contributed by atoms with Crippen LogP contribution in [0.25, 0.3) is 0 Å². The molecule has 2 amide bonds. The maximum Gasteiger partial charge on any atom is 0.471 e. The number of halogens is 3. The third-order valence-corrected chi connectivity index (χ3v) is 3.09. The van der Waals surface area contributed by atoms with E-state index in [1.54, 1.807) is 26.1 Å². The molecule has 0 aromatic carbocycles. The van der Waals surface area contributed by atoms with Crippen molar-refractivity contribution in [2.24, 2.45) is 0 Å². The summed E-state index contributed by atoms with van der Waals surface area (Å²) in [4.78, 5) is 35.3. The molecule has 0 aliphatic carbocycles. The van der Waals surface area contributed by atoms with Crippen LogP contribution >= 0.6 is 0 Å². The number of piperidine rings is 1. The molecule has 7 nitrogen and oxygen atoms in total. The van der Waals surface area contributed by atoms with Gasteiger partial charge < -0.3 is 15.2 Å². The number of carbonyl (C=O) groups excluding carboxylic acids is 2. The van der Waals surface area contributed by atoms with Gasteiger partial charge in [0.25, 0.3) is 0 Å². The van der Waals surface area contributed by atoms with Crippen LogP contribution in [0.4, 0.5) is 18.0 Å². The minimum Gasteiger partial charge on any atom is -0.480 e. The lowest BCUT2D eigenvalue weighted by Crippen LogP contribution is -2.62. The molecule has 1 saturated heterocycles. The highest BCUT2D eigenvalue weighted by atomic mass is 19.4. The van der Waals surface area contributed by atoms with Crippen molar-refractivity contribution in [3.8, 4) is 0 Å². The molecule has 0 saturated carbocycles. The maximum absolute atomic E-state index is 12.3. The van der Waals surface area contributed by atoms with E-state index < -0.39 is 41.8 Å². The molecule has 1 aliphatic heterocycles. The Kier molecular flexibility index (Phi) is 5.49. The summed E-state index contributed by atoms with van der Waals surface area (Å²) in [6, 6.07) is -2.97. The van der Waals surface area contributed by atoms with Crippen molar-refractivity contribution < 1.29 is 37.4 Å². The number of alkyl halides is 3. The summed E-state index contributed by atoms with van der Waals surface area (Å²) in [7, 11) is 0. The average Bonchev–Trinajstić information content (AvgIpc) is 2.34. The topological polar surface area (TPSA) is 95.9 Å². The van der Waals surface area contributed by atoms with Gasteiger partial charge >= 0.3 is 24.1 Å². The van der Waals surface area contributed by atoms with Crippen LogP contribution in [0, 0.1) is 0 Å². The van der Waals surface area contributed by atoms with E-state index in [4.69, 9.17) is 4.74 Å². The minimum absolute atomic E-state index is 0.0120. The van der Waals surface area contributed by atoms with Crippen LogP contribution in [-0.2, 0) is 14.3 Å². The van der Waals surface area contributed by atoms with E-state index in [0.717, 1.165) is 4.90 Å². The molecule has 132 valence electrons. The smallest absolute Gasteiger partial charge is 0.471 e. The van der Waals surface area contributed by atoms with Gasteiger partial charge in [0.2, 0.25) is 0 Å². The molecule has 23 heavy (non-hydrogen) atoms. The first-order valence-corrected chi connectivity index (χ1v) is 6.93. The minimum atomic E-state index is -5.13. The van der Waals surface area contributed by atoms with Crippen LogP contribution in [0.1, 0.15) is 33.6 Å². The Hall–Kier alpha value is -2.00. The normalized spacial score (nSPS) is 22.4. The lowest BCUT2D eigenvalue weighted by atomic mass is 9.96. The van der Waals surface area contributed by atoms with Gasteiger partial charge in [0.1, 0.15) is 5.60 Å². The maximum atomic E-state index is 12.3. The molecule has 0 unspecified atom stereocenters. The predicted molar refractivity (Wildman–Crippen MR) is 71.6 cm³/mol. The van der Waals surface area contributed by atoms with Crippen molar-refractivity contribution in [1.29, 1.82) is 0 Å². The number of ether oxygens (including phenoxy) is 1. The summed E-state index contributed by atoms with van der Waals surface area (Å²) >= 11 is 0. The largest absolute Gasteiger partial charge is 0.480 e. The van der Waals surface area contributed by atoms with E-state index in [-0.39, 0.29) is 19.4 Å². The highest BCUT2D eigenvalue weighted by Crippen LogP contribution is 2.23. The zero-order valence-corrected chi connectivity index (χ0v) is 12.9. The van der Waals surface area contributed by atoms with Gasteiger partial charge in [-0.1, -0.05) is 0 Å². The fraction of sp³-hybridized carbons (Fsp3) is 0.769. The number of amides is 2. The van der Waals surface area contributed by atoms with Crippen LogP contribution in [0.2, 0.25) is 0 Å². The fourth-order valence-electron chi connectivity index (χ4n) is 2.23. The summed E-state index contributed by atoms with van der Waals surface area (Å²) < 4.78 is 42.1. The zero-order valence-electron chi connectivity index (χ0n) is 12.9. The average molecular weight is 340 g/mol.